The third kappa shape index (κ3) is 2.14. The molecular weight excluding hydrogens is 198 g/mol. The van der Waals surface area contributed by atoms with Crippen LogP contribution in [0, 0.1) is 18.3 Å². The molecule has 2 rings (SSSR count). The van der Waals surface area contributed by atoms with E-state index in [2.05, 4.69) is 37.3 Å². The van der Waals surface area contributed by atoms with Crippen LogP contribution in [0.25, 0.3) is 0 Å². The van der Waals surface area contributed by atoms with Crippen molar-refractivity contribution in [3.63, 3.8) is 0 Å². The van der Waals surface area contributed by atoms with Crippen LogP contribution in [0.3, 0.4) is 0 Å². The first-order chi connectivity index (χ1) is 7.81. The molecule has 0 N–H and O–H groups in total. The molecule has 0 saturated heterocycles. The van der Waals surface area contributed by atoms with E-state index in [1.807, 2.05) is 12.1 Å². The molecule has 0 saturated carbocycles. The first-order valence-corrected chi connectivity index (χ1v) is 5.28. The van der Waals surface area contributed by atoms with Crippen LogP contribution in [0.2, 0.25) is 0 Å². The smallest absolute Gasteiger partial charge is 0.112 e. The van der Waals surface area contributed by atoms with Crippen molar-refractivity contribution in [1.82, 2.24) is 0 Å². The average Bonchev–Trinajstić information content (AvgIpc) is 2.81. The lowest BCUT2D eigenvalue weighted by Gasteiger charge is -2.11. The summed E-state index contributed by atoms with van der Waals surface area (Å²) in [6, 6.07) is 14.2. The normalized spacial score (nSPS) is 12.0. The van der Waals surface area contributed by atoms with Crippen LogP contribution >= 0.6 is 0 Å². The van der Waals surface area contributed by atoms with Gasteiger partial charge in [0, 0.05) is 6.42 Å². The summed E-state index contributed by atoms with van der Waals surface area (Å²) in [5.74, 6) is 0.894. The molecule has 1 atom stereocenters. The number of aryl methyl sites for hydroxylation is 1. The van der Waals surface area contributed by atoms with Gasteiger partial charge in [0.2, 0.25) is 0 Å². The molecule has 0 aliphatic carbocycles. The highest BCUT2D eigenvalue weighted by Crippen LogP contribution is 2.28. The molecule has 1 heterocycles. The number of hydrogen-bond donors (Lipinski definition) is 0. The molecule has 1 aromatic heterocycles. The minimum atomic E-state index is 0.0422. The maximum Gasteiger partial charge on any atom is 0.112 e. The van der Waals surface area contributed by atoms with Gasteiger partial charge in [-0.1, -0.05) is 29.8 Å². The average molecular weight is 211 g/mol. The summed E-state index contributed by atoms with van der Waals surface area (Å²) in [5, 5.41) is 8.86. The number of nitriles is 1. The summed E-state index contributed by atoms with van der Waals surface area (Å²) in [5.41, 5.74) is 2.35. The zero-order valence-corrected chi connectivity index (χ0v) is 9.18. The van der Waals surface area contributed by atoms with Crippen LogP contribution in [0.15, 0.2) is 47.1 Å². The molecule has 1 unspecified atom stereocenters. The highest BCUT2D eigenvalue weighted by atomic mass is 16.3. The molecule has 1 aromatic carbocycles. The second-order valence-corrected chi connectivity index (χ2v) is 3.84. The van der Waals surface area contributed by atoms with Crippen molar-refractivity contribution >= 4 is 0 Å². The number of rotatable bonds is 3. The molecule has 80 valence electrons. The minimum Gasteiger partial charge on any atom is -0.469 e. The van der Waals surface area contributed by atoms with Gasteiger partial charge in [-0.15, -0.1) is 0 Å². The Bertz CT molecular complexity index is 476. The second-order valence-electron chi connectivity index (χ2n) is 3.84. The largest absolute Gasteiger partial charge is 0.469 e. The molecule has 0 radical (unpaired) electrons. The molecule has 0 bridgehead atoms. The van der Waals surface area contributed by atoms with Crippen molar-refractivity contribution in [2.75, 3.05) is 0 Å². The Kier molecular flexibility index (Phi) is 3.07. The molecule has 0 spiro atoms. The van der Waals surface area contributed by atoms with Gasteiger partial charge in [-0.3, -0.25) is 0 Å². The van der Waals surface area contributed by atoms with Gasteiger partial charge >= 0.3 is 0 Å². The Morgan fingerprint density at radius 3 is 2.56 bits per heavy atom. The fourth-order valence-corrected chi connectivity index (χ4v) is 1.76. The second kappa shape index (κ2) is 4.67. The molecule has 16 heavy (non-hydrogen) atoms. The van der Waals surface area contributed by atoms with E-state index in [9.17, 15) is 0 Å². The predicted octanol–water partition coefficient (Wildman–Crippen LogP) is 3.63. The third-order valence-electron chi connectivity index (χ3n) is 2.66. The van der Waals surface area contributed by atoms with E-state index >= 15 is 0 Å². The van der Waals surface area contributed by atoms with Crippen molar-refractivity contribution in [3.8, 4) is 6.07 Å². The molecular formula is C14H13NO. The van der Waals surface area contributed by atoms with E-state index in [0.717, 1.165) is 11.3 Å². The van der Waals surface area contributed by atoms with Gasteiger partial charge in [0.1, 0.15) is 5.76 Å². The van der Waals surface area contributed by atoms with Crippen molar-refractivity contribution in [1.29, 1.82) is 5.26 Å². The molecule has 0 amide bonds. The Morgan fingerprint density at radius 2 is 2.00 bits per heavy atom. The zero-order valence-electron chi connectivity index (χ0n) is 9.18. The lowest BCUT2D eigenvalue weighted by Crippen LogP contribution is -1.98. The molecule has 0 fully saturated rings. The van der Waals surface area contributed by atoms with Crippen LogP contribution < -0.4 is 0 Å². The van der Waals surface area contributed by atoms with E-state index in [1.54, 1.807) is 6.26 Å². The summed E-state index contributed by atoms with van der Waals surface area (Å²) < 4.78 is 5.38. The fourth-order valence-electron chi connectivity index (χ4n) is 1.76. The molecule has 0 aliphatic rings. The lowest BCUT2D eigenvalue weighted by atomic mass is 9.93. The van der Waals surface area contributed by atoms with Crippen molar-refractivity contribution < 1.29 is 4.42 Å². The SMILES string of the molecule is Cc1ccc(C(CC#N)c2ccco2)cc1. The predicted molar refractivity (Wildman–Crippen MR) is 62.0 cm³/mol. The monoisotopic (exact) mass is 211 g/mol. The van der Waals surface area contributed by atoms with Gasteiger partial charge in [-0.25, -0.2) is 0 Å². The quantitative estimate of drug-likeness (QED) is 0.777. The van der Waals surface area contributed by atoms with Crippen LogP contribution in [0.1, 0.15) is 29.2 Å². The van der Waals surface area contributed by atoms with Gasteiger partial charge in [0.25, 0.3) is 0 Å². The number of hydrogen-bond acceptors (Lipinski definition) is 2. The Balaban J connectivity index is 2.33. The van der Waals surface area contributed by atoms with Crippen molar-refractivity contribution in [3.05, 3.63) is 59.5 Å². The van der Waals surface area contributed by atoms with Gasteiger partial charge in [0.05, 0.1) is 18.3 Å². The molecule has 2 nitrogen and oxygen atoms in total. The van der Waals surface area contributed by atoms with E-state index in [4.69, 9.17) is 9.68 Å². The highest BCUT2D eigenvalue weighted by Gasteiger charge is 2.16. The number of benzene rings is 1. The third-order valence-corrected chi connectivity index (χ3v) is 2.66. The summed E-state index contributed by atoms with van der Waals surface area (Å²) in [7, 11) is 0. The Morgan fingerprint density at radius 1 is 1.25 bits per heavy atom. The van der Waals surface area contributed by atoms with E-state index in [1.165, 1.54) is 5.56 Å². The van der Waals surface area contributed by atoms with Crippen molar-refractivity contribution in [2.45, 2.75) is 19.3 Å². The molecule has 0 aliphatic heterocycles. The topological polar surface area (TPSA) is 36.9 Å². The maximum atomic E-state index is 8.86. The Labute approximate surface area is 95.1 Å². The fraction of sp³-hybridized carbons (Fsp3) is 0.214. The Hall–Kier alpha value is -2.01. The van der Waals surface area contributed by atoms with Gasteiger partial charge in [-0.05, 0) is 24.6 Å². The van der Waals surface area contributed by atoms with Gasteiger partial charge in [-0.2, -0.15) is 5.26 Å². The standard InChI is InChI=1S/C14H13NO/c1-11-4-6-12(7-5-11)13(8-9-15)14-3-2-10-16-14/h2-7,10,13H,8H2,1H3. The van der Waals surface area contributed by atoms with Crippen molar-refractivity contribution in [2.24, 2.45) is 0 Å². The number of nitrogens with zero attached hydrogens (tertiary/aromatic N) is 1. The highest BCUT2D eigenvalue weighted by molar-refractivity contribution is 5.30. The lowest BCUT2D eigenvalue weighted by molar-refractivity contribution is 0.487. The van der Waals surface area contributed by atoms with Crippen LogP contribution in [-0.2, 0) is 0 Å². The summed E-state index contributed by atoms with van der Waals surface area (Å²) in [6.07, 6.45) is 2.09. The maximum absolute atomic E-state index is 8.86. The minimum absolute atomic E-state index is 0.0422. The first kappa shape index (κ1) is 10.5. The van der Waals surface area contributed by atoms with Gasteiger partial charge in [0.15, 0.2) is 0 Å². The van der Waals surface area contributed by atoms with E-state index < -0.39 is 0 Å². The van der Waals surface area contributed by atoms with Gasteiger partial charge < -0.3 is 4.42 Å². The molecule has 2 aromatic rings. The zero-order chi connectivity index (χ0) is 11.4. The van der Waals surface area contributed by atoms with Crippen LogP contribution in [0.4, 0.5) is 0 Å². The summed E-state index contributed by atoms with van der Waals surface area (Å²) in [4.78, 5) is 0. The first-order valence-electron chi connectivity index (χ1n) is 5.28. The summed E-state index contributed by atoms with van der Waals surface area (Å²) in [6.45, 7) is 2.05. The molecule has 2 heteroatoms. The summed E-state index contributed by atoms with van der Waals surface area (Å²) >= 11 is 0. The van der Waals surface area contributed by atoms with E-state index in [0.29, 0.717) is 6.42 Å². The van der Waals surface area contributed by atoms with Crippen LogP contribution in [-0.4, -0.2) is 0 Å². The van der Waals surface area contributed by atoms with Crippen LogP contribution in [0.5, 0.6) is 0 Å². The van der Waals surface area contributed by atoms with E-state index in [-0.39, 0.29) is 5.92 Å². The number of furan rings is 1.